The molecule has 0 unspecified atom stereocenters. The molecule has 2 aliphatic carbocycles. The summed E-state index contributed by atoms with van der Waals surface area (Å²) >= 11 is 0. The van der Waals surface area contributed by atoms with Crippen LogP contribution < -0.4 is 69.3 Å². The summed E-state index contributed by atoms with van der Waals surface area (Å²) in [6.07, 6.45) is 31.3. The van der Waals surface area contributed by atoms with Crippen molar-refractivity contribution in [2.75, 3.05) is 0 Å². The minimum Gasteiger partial charge on any atom is -0.550 e. The second-order valence-corrected chi connectivity index (χ2v) is 16.4. The van der Waals surface area contributed by atoms with E-state index in [2.05, 4.69) is 123 Å². The quantitative estimate of drug-likeness (QED) is 0.0894. The van der Waals surface area contributed by atoms with Crippen molar-refractivity contribution in [1.29, 1.82) is 0 Å². The molecule has 0 heterocycles. The molecule has 0 N–H and O–H groups in total. The number of carbonyl (C=O) groups excluding carboxylic acids is 4. The van der Waals surface area contributed by atoms with Crippen LogP contribution in [0.15, 0.2) is 130 Å². The van der Waals surface area contributed by atoms with Crippen molar-refractivity contribution < 1.29 is 98.0 Å². The molecule has 0 fully saturated rings. The van der Waals surface area contributed by atoms with Crippen LogP contribution >= 0.6 is 0 Å². The monoisotopic (exact) mass is 812 g/mol. The first-order valence-corrected chi connectivity index (χ1v) is 19.4. The van der Waals surface area contributed by atoms with Crippen LogP contribution in [-0.4, -0.2) is 36.1 Å². The smallest absolute Gasteiger partial charge is 0.550 e. The van der Waals surface area contributed by atoms with Gasteiger partial charge < -0.3 is 29.3 Å². The predicted octanol–water partition coefficient (Wildman–Crippen LogP) is 2.57. The zero-order valence-electron chi connectivity index (χ0n) is 37.1. The Kier molecular flexibility index (Phi) is 25.6. The maximum Gasteiger partial charge on any atom is 1.00 e. The molecule has 2 rings (SSSR count). The van der Waals surface area contributed by atoms with Gasteiger partial charge in [-0.15, -0.1) is 0 Å². The van der Waals surface area contributed by atoms with Gasteiger partial charge in [0.1, 0.15) is 12.2 Å². The van der Waals surface area contributed by atoms with Gasteiger partial charge in [-0.2, -0.15) is 0 Å². The average Bonchev–Trinajstić information content (AvgIpc) is 3.07. The summed E-state index contributed by atoms with van der Waals surface area (Å²) in [5, 5.41) is 21.3. The van der Waals surface area contributed by atoms with Gasteiger partial charge in [-0.3, -0.25) is 9.59 Å². The Morgan fingerprint density at radius 3 is 1.62 bits per heavy atom. The van der Waals surface area contributed by atoms with E-state index in [-0.39, 0.29) is 114 Å². The van der Waals surface area contributed by atoms with E-state index in [1.807, 2.05) is 37.3 Å². The first-order chi connectivity index (χ1) is 26.2. The molecule has 10 heteroatoms. The molecule has 0 radical (unpaired) electrons. The van der Waals surface area contributed by atoms with Gasteiger partial charge in [-0.1, -0.05) is 146 Å². The number of carboxylic acid groups (broad SMARTS) is 2. The molecule has 0 saturated carbocycles. The molecular formula is C48H62Na2O8. The SMILES string of the molecule is CC1=C[C@H](OC(=O)CCC(=O)[O-])CC(C)(C)[C@H]1/C=C/C(C)=C/C=C/C(C)=C/C=C/C=C(C)/C=C/C=C(C)/C=C/C1=C(C)C[C@@H](OC(=O)CCC(=O)[O-])CC1(C)C.[Na+].[Na+]. The topological polar surface area (TPSA) is 133 Å². The van der Waals surface area contributed by atoms with Crippen molar-refractivity contribution in [3.8, 4) is 0 Å². The van der Waals surface area contributed by atoms with Crippen LogP contribution in [0.3, 0.4) is 0 Å². The fourth-order valence-corrected chi connectivity index (χ4v) is 7.12. The van der Waals surface area contributed by atoms with Gasteiger partial charge in [0.25, 0.3) is 0 Å². The summed E-state index contributed by atoms with van der Waals surface area (Å²) in [5.41, 5.74) is 7.61. The first-order valence-electron chi connectivity index (χ1n) is 19.4. The molecule has 0 aliphatic heterocycles. The van der Waals surface area contributed by atoms with Crippen molar-refractivity contribution in [2.45, 2.75) is 126 Å². The maximum atomic E-state index is 12.1. The summed E-state index contributed by atoms with van der Waals surface area (Å²) in [4.78, 5) is 45.4. The van der Waals surface area contributed by atoms with Gasteiger partial charge >= 0.3 is 71.1 Å². The Hall–Kier alpha value is -2.98. The number of ether oxygens (including phenoxy) is 2. The second-order valence-electron chi connectivity index (χ2n) is 16.4. The summed E-state index contributed by atoms with van der Waals surface area (Å²) < 4.78 is 11.1. The third-order valence-corrected chi connectivity index (χ3v) is 9.95. The summed E-state index contributed by atoms with van der Waals surface area (Å²) in [6.45, 7) is 20.9. The molecule has 2 aliphatic rings. The van der Waals surface area contributed by atoms with Crippen molar-refractivity contribution in [3.63, 3.8) is 0 Å². The fraction of sp³-hybridized carbons (Fsp3) is 0.458. The van der Waals surface area contributed by atoms with Crippen molar-refractivity contribution in [1.82, 2.24) is 0 Å². The minimum atomic E-state index is -1.26. The second kappa shape index (κ2) is 27.0. The summed E-state index contributed by atoms with van der Waals surface area (Å²) in [7, 11) is 0. The van der Waals surface area contributed by atoms with Crippen molar-refractivity contribution in [3.05, 3.63) is 130 Å². The molecule has 0 aromatic carbocycles. The first kappa shape index (κ1) is 55.0. The van der Waals surface area contributed by atoms with Gasteiger partial charge in [0.05, 0.1) is 12.8 Å². The zero-order valence-corrected chi connectivity index (χ0v) is 41.1. The van der Waals surface area contributed by atoms with Gasteiger partial charge in [-0.05, 0) is 89.7 Å². The van der Waals surface area contributed by atoms with E-state index in [9.17, 15) is 29.4 Å². The van der Waals surface area contributed by atoms with E-state index in [0.717, 1.165) is 33.4 Å². The van der Waals surface area contributed by atoms with E-state index >= 15 is 0 Å². The van der Waals surface area contributed by atoms with Crippen molar-refractivity contribution >= 4 is 23.9 Å². The maximum absolute atomic E-state index is 12.1. The molecule has 3 atom stereocenters. The van der Waals surface area contributed by atoms with Crippen LogP contribution in [0.4, 0.5) is 0 Å². The Bertz CT molecular complexity index is 1790. The average molecular weight is 813 g/mol. The van der Waals surface area contributed by atoms with Crippen LogP contribution in [0.25, 0.3) is 0 Å². The van der Waals surface area contributed by atoms with E-state index in [0.29, 0.717) is 19.3 Å². The molecular weight excluding hydrogens is 751 g/mol. The number of allylic oxidation sites excluding steroid dienone is 20. The number of esters is 2. The van der Waals surface area contributed by atoms with E-state index in [1.165, 1.54) is 5.57 Å². The predicted molar refractivity (Wildman–Crippen MR) is 220 cm³/mol. The fourth-order valence-electron chi connectivity index (χ4n) is 7.12. The van der Waals surface area contributed by atoms with Crippen LogP contribution in [0, 0.1) is 16.7 Å². The molecule has 58 heavy (non-hydrogen) atoms. The molecule has 0 saturated heterocycles. The molecule has 0 bridgehead atoms. The number of hydrogen-bond acceptors (Lipinski definition) is 8. The largest absolute Gasteiger partial charge is 1.00 e. The third kappa shape index (κ3) is 21.3. The van der Waals surface area contributed by atoms with Gasteiger partial charge in [0.2, 0.25) is 0 Å². The van der Waals surface area contributed by atoms with Crippen LogP contribution in [0.1, 0.15) is 114 Å². The number of carbonyl (C=O) groups is 4. The minimum absolute atomic E-state index is 0. The van der Waals surface area contributed by atoms with Crippen molar-refractivity contribution in [2.24, 2.45) is 16.7 Å². The third-order valence-electron chi connectivity index (χ3n) is 9.95. The van der Waals surface area contributed by atoms with Gasteiger partial charge in [0.15, 0.2) is 0 Å². The standard InChI is InChI=1S/C48H64O8.2Na/c1-33(17-13-19-35(3)21-23-41-37(5)29-39(31-47(41,7)8)55-45(53)27-25-43(49)50)15-11-12-16-34(2)18-14-20-36(4)22-24-42-38(6)30-40(32-48(42,9)10)56-46(54)28-26-44(51)52;;/h11-24,29,39-41H,25-28,30-32H2,1-10H3,(H,49,50)(H,51,52);;/q;2*+1/p-2/b12-11+,17-13+,18-14+,23-21+,24-22+,33-15+,34-16+,35-19+,36-20+;;/t39-,40+,41-;;/m0../s1. The van der Waals surface area contributed by atoms with Crippen LogP contribution in [-0.2, 0) is 28.7 Å². The Balaban J connectivity index is 0.0000162. The Labute approximate surface area is 392 Å². The molecule has 0 aromatic rings. The van der Waals surface area contributed by atoms with Crippen LogP contribution in [0.5, 0.6) is 0 Å². The summed E-state index contributed by atoms with van der Waals surface area (Å²) in [5.74, 6) is -3.35. The van der Waals surface area contributed by atoms with E-state index in [1.54, 1.807) is 0 Å². The van der Waals surface area contributed by atoms with E-state index < -0.39 is 23.9 Å². The Morgan fingerprint density at radius 2 is 1.14 bits per heavy atom. The number of hydrogen-bond donors (Lipinski definition) is 0. The molecule has 0 aromatic heterocycles. The molecule has 0 amide bonds. The molecule has 0 spiro atoms. The van der Waals surface area contributed by atoms with E-state index in [4.69, 9.17) is 9.47 Å². The van der Waals surface area contributed by atoms with Gasteiger partial charge in [-0.25, -0.2) is 0 Å². The number of carboxylic acids is 2. The number of aliphatic carboxylic acids is 2. The Morgan fingerprint density at radius 1 is 0.672 bits per heavy atom. The van der Waals surface area contributed by atoms with Gasteiger partial charge in [0, 0.05) is 24.3 Å². The molecule has 304 valence electrons. The molecule has 8 nitrogen and oxygen atoms in total. The summed E-state index contributed by atoms with van der Waals surface area (Å²) in [6, 6.07) is 0. The van der Waals surface area contributed by atoms with Crippen LogP contribution in [0.2, 0.25) is 0 Å². The normalized spacial score (nSPS) is 21.7. The number of rotatable bonds is 18. The zero-order chi connectivity index (χ0) is 42.1.